The maximum Gasteiger partial charge on any atom is 0.185 e. The van der Waals surface area contributed by atoms with Crippen LogP contribution in [0.5, 0.6) is 0 Å². The quantitative estimate of drug-likeness (QED) is 0.795. The first kappa shape index (κ1) is 13.5. The minimum atomic E-state index is 0.704. The third-order valence-electron chi connectivity index (χ3n) is 2.43. The molecule has 1 rings (SSSR count). The molecule has 0 saturated carbocycles. The van der Waals surface area contributed by atoms with E-state index in [9.17, 15) is 0 Å². The van der Waals surface area contributed by atoms with Crippen LogP contribution in [-0.2, 0) is 6.54 Å². The van der Waals surface area contributed by atoms with Gasteiger partial charge in [0.1, 0.15) is 0 Å². The molecule has 1 aromatic heterocycles. The number of rotatable bonds is 7. The van der Waals surface area contributed by atoms with Crippen LogP contribution in [0.3, 0.4) is 0 Å². The van der Waals surface area contributed by atoms with E-state index in [1.807, 2.05) is 6.20 Å². The molecule has 0 aromatic carbocycles. The van der Waals surface area contributed by atoms with E-state index in [4.69, 9.17) is 0 Å². The lowest BCUT2D eigenvalue weighted by atomic mass is 10.2. The second-order valence-electron chi connectivity index (χ2n) is 4.31. The summed E-state index contributed by atoms with van der Waals surface area (Å²) >= 11 is 1.79. The molecule has 0 spiro atoms. The van der Waals surface area contributed by atoms with Crippen molar-refractivity contribution in [1.82, 2.24) is 10.3 Å². The number of thiazole rings is 1. The van der Waals surface area contributed by atoms with Gasteiger partial charge in [0, 0.05) is 30.7 Å². The fourth-order valence-electron chi connectivity index (χ4n) is 1.50. The highest BCUT2D eigenvalue weighted by molar-refractivity contribution is 7.15. The minimum absolute atomic E-state index is 0.704. The van der Waals surface area contributed by atoms with Gasteiger partial charge in [-0.3, -0.25) is 0 Å². The van der Waals surface area contributed by atoms with E-state index in [0.29, 0.717) is 5.92 Å². The van der Waals surface area contributed by atoms with E-state index >= 15 is 0 Å². The second kappa shape index (κ2) is 6.86. The lowest BCUT2D eigenvalue weighted by molar-refractivity contribution is 0.554. The van der Waals surface area contributed by atoms with Gasteiger partial charge in [0.25, 0.3) is 0 Å². The number of nitrogens with one attached hydrogen (secondary N) is 1. The third kappa shape index (κ3) is 4.10. The summed E-state index contributed by atoms with van der Waals surface area (Å²) in [5, 5.41) is 4.59. The Labute approximate surface area is 103 Å². The molecule has 0 bridgehead atoms. The van der Waals surface area contributed by atoms with Gasteiger partial charge in [0.15, 0.2) is 5.13 Å². The summed E-state index contributed by atoms with van der Waals surface area (Å²) in [6.07, 6.45) is 1.99. The standard InChI is InChI=1S/C12H23N3S/c1-5-15(6-2)12-14-9-11(16-12)8-13-7-10(3)4/h9-10,13H,5-8H2,1-4H3. The largest absolute Gasteiger partial charge is 0.349 e. The van der Waals surface area contributed by atoms with Crippen molar-refractivity contribution >= 4 is 16.5 Å². The van der Waals surface area contributed by atoms with Crippen molar-refractivity contribution in [3.8, 4) is 0 Å². The lowest BCUT2D eigenvalue weighted by Crippen LogP contribution is -2.21. The van der Waals surface area contributed by atoms with E-state index in [2.05, 4.69) is 42.9 Å². The van der Waals surface area contributed by atoms with Gasteiger partial charge in [-0.25, -0.2) is 4.98 Å². The molecule has 0 aliphatic rings. The summed E-state index contributed by atoms with van der Waals surface area (Å²) in [5.41, 5.74) is 0. The number of hydrogen-bond acceptors (Lipinski definition) is 4. The minimum Gasteiger partial charge on any atom is -0.349 e. The van der Waals surface area contributed by atoms with Gasteiger partial charge in [-0.05, 0) is 26.3 Å². The Balaban J connectivity index is 2.44. The van der Waals surface area contributed by atoms with Crippen LogP contribution >= 0.6 is 11.3 Å². The fraction of sp³-hybridized carbons (Fsp3) is 0.750. The van der Waals surface area contributed by atoms with Crippen molar-refractivity contribution in [2.75, 3.05) is 24.5 Å². The van der Waals surface area contributed by atoms with Crippen LogP contribution in [0.1, 0.15) is 32.6 Å². The Morgan fingerprint density at radius 1 is 1.38 bits per heavy atom. The van der Waals surface area contributed by atoms with Crippen molar-refractivity contribution in [2.45, 2.75) is 34.2 Å². The highest BCUT2D eigenvalue weighted by Gasteiger charge is 2.07. The average Bonchev–Trinajstić information content (AvgIpc) is 2.68. The first-order valence-electron chi connectivity index (χ1n) is 6.07. The highest BCUT2D eigenvalue weighted by atomic mass is 32.1. The molecule has 0 unspecified atom stereocenters. The molecule has 4 heteroatoms. The van der Waals surface area contributed by atoms with Crippen molar-refractivity contribution in [3.05, 3.63) is 11.1 Å². The molecular weight excluding hydrogens is 218 g/mol. The van der Waals surface area contributed by atoms with E-state index in [1.165, 1.54) is 4.88 Å². The van der Waals surface area contributed by atoms with E-state index in [0.717, 1.165) is 31.3 Å². The summed E-state index contributed by atoms with van der Waals surface area (Å²) in [4.78, 5) is 8.07. The Morgan fingerprint density at radius 3 is 2.62 bits per heavy atom. The first-order chi connectivity index (χ1) is 7.67. The van der Waals surface area contributed by atoms with Crippen LogP contribution < -0.4 is 10.2 Å². The predicted octanol–water partition coefficient (Wildman–Crippen LogP) is 2.73. The van der Waals surface area contributed by atoms with Crippen molar-refractivity contribution in [2.24, 2.45) is 5.92 Å². The van der Waals surface area contributed by atoms with Gasteiger partial charge >= 0.3 is 0 Å². The van der Waals surface area contributed by atoms with Crippen LogP contribution in [-0.4, -0.2) is 24.6 Å². The average molecular weight is 241 g/mol. The molecule has 3 nitrogen and oxygen atoms in total. The Kier molecular flexibility index (Phi) is 5.77. The third-order valence-corrected chi connectivity index (χ3v) is 3.49. The Morgan fingerprint density at radius 2 is 2.06 bits per heavy atom. The van der Waals surface area contributed by atoms with Crippen LogP contribution in [0.15, 0.2) is 6.20 Å². The molecule has 16 heavy (non-hydrogen) atoms. The van der Waals surface area contributed by atoms with Crippen LogP contribution in [0, 0.1) is 5.92 Å². The smallest absolute Gasteiger partial charge is 0.185 e. The summed E-state index contributed by atoms with van der Waals surface area (Å²) < 4.78 is 0. The Hall–Kier alpha value is -0.610. The number of anilines is 1. The zero-order valence-electron chi connectivity index (χ0n) is 10.8. The van der Waals surface area contributed by atoms with E-state index in [1.54, 1.807) is 11.3 Å². The molecule has 1 aromatic rings. The number of aromatic nitrogens is 1. The van der Waals surface area contributed by atoms with Crippen molar-refractivity contribution < 1.29 is 0 Å². The van der Waals surface area contributed by atoms with Gasteiger partial charge in [0.2, 0.25) is 0 Å². The second-order valence-corrected chi connectivity index (χ2v) is 5.40. The van der Waals surface area contributed by atoms with Crippen LogP contribution in [0.25, 0.3) is 0 Å². The van der Waals surface area contributed by atoms with E-state index < -0.39 is 0 Å². The zero-order chi connectivity index (χ0) is 12.0. The monoisotopic (exact) mass is 241 g/mol. The summed E-state index contributed by atoms with van der Waals surface area (Å²) in [6.45, 7) is 12.9. The summed E-state index contributed by atoms with van der Waals surface area (Å²) in [6, 6.07) is 0. The molecule has 1 N–H and O–H groups in total. The van der Waals surface area contributed by atoms with Gasteiger partial charge in [-0.1, -0.05) is 13.8 Å². The summed E-state index contributed by atoms with van der Waals surface area (Å²) in [7, 11) is 0. The molecule has 92 valence electrons. The van der Waals surface area contributed by atoms with Crippen molar-refractivity contribution in [1.29, 1.82) is 0 Å². The topological polar surface area (TPSA) is 28.2 Å². The first-order valence-corrected chi connectivity index (χ1v) is 6.89. The molecule has 1 heterocycles. The number of nitrogens with zero attached hydrogens (tertiary/aromatic N) is 2. The molecule has 0 atom stereocenters. The predicted molar refractivity (Wildman–Crippen MR) is 72.2 cm³/mol. The van der Waals surface area contributed by atoms with Crippen molar-refractivity contribution in [3.63, 3.8) is 0 Å². The molecular formula is C12H23N3S. The lowest BCUT2D eigenvalue weighted by Gasteiger charge is -2.16. The van der Waals surface area contributed by atoms with Gasteiger partial charge < -0.3 is 10.2 Å². The highest BCUT2D eigenvalue weighted by Crippen LogP contribution is 2.21. The Bertz CT molecular complexity index is 292. The molecule has 0 radical (unpaired) electrons. The van der Waals surface area contributed by atoms with Gasteiger partial charge in [-0.15, -0.1) is 11.3 Å². The normalized spacial score (nSPS) is 11.1. The van der Waals surface area contributed by atoms with Gasteiger partial charge in [-0.2, -0.15) is 0 Å². The van der Waals surface area contributed by atoms with Gasteiger partial charge in [0.05, 0.1) is 0 Å². The van der Waals surface area contributed by atoms with Crippen LogP contribution in [0.2, 0.25) is 0 Å². The maximum atomic E-state index is 4.46. The fourth-order valence-corrected chi connectivity index (χ4v) is 2.51. The molecule has 0 fully saturated rings. The van der Waals surface area contributed by atoms with Crippen LogP contribution in [0.4, 0.5) is 5.13 Å². The maximum absolute atomic E-state index is 4.46. The zero-order valence-corrected chi connectivity index (χ0v) is 11.6. The van der Waals surface area contributed by atoms with E-state index in [-0.39, 0.29) is 0 Å². The molecule has 0 aliphatic heterocycles. The number of hydrogen-bond donors (Lipinski definition) is 1. The molecule has 0 amide bonds. The molecule has 0 saturated heterocycles. The SMILES string of the molecule is CCN(CC)c1ncc(CNCC(C)C)s1. The molecule has 0 aliphatic carbocycles. The summed E-state index contributed by atoms with van der Waals surface area (Å²) in [5.74, 6) is 0.704.